The molecule has 19 heavy (non-hydrogen) atoms. The van der Waals surface area contributed by atoms with Crippen LogP contribution in [0.4, 0.5) is 5.69 Å². The summed E-state index contributed by atoms with van der Waals surface area (Å²) in [7, 11) is 0. The largest absolute Gasteiger partial charge is 0.325 e. The summed E-state index contributed by atoms with van der Waals surface area (Å²) < 4.78 is 0.762. The van der Waals surface area contributed by atoms with Crippen LogP contribution < -0.4 is 5.32 Å². The summed E-state index contributed by atoms with van der Waals surface area (Å²) in [5.74, 6) is 2.39. The molecule has 0 radical (unpaired) electrons. The molecule has 0 saturated heterocycles. The molecular formula is C15H17BrClNO. The number of halogens is 2. The third kappa shape index (κ3) is 2.82. The van der Waals surface area contributed by atoms with Crippen LogP contribution in [0.25, 0.3) is 0 Å². The molecule has 0 heterocycles. The number of carbonyl (C=O) groups is 1. The van der Waals surface area contributed by atoms with Crippen molar-refractivity contribution in [3.8, 4) is 0 Å². The molecule has 2 fully saturated rings. The lowest BCUT2D eigenvalue weighted by Crippen LogP contribution is -2.20. The van der Waals surface area contributed by atoms with E-state index in [1.54, 1.807) is 6.07 Å². The molecule has 2 aliphatic rings. The van der Waals surface area contributed by atoms with Gasteiger partial charge >= 0.3 is 0 Å². The predicted molar refractivity (Wildman–Crippen MR) is 81.3 cm³/mol. The quantitative estimate of drug-likeness (QED) is 0.834. The molecule has 2 bridgehead atoms. The highest BCUT2D eigenvalue weighted by molar-refractivity contribution is 9.10. The summed E-state index contributed by atoms with van der Waals surface area (Å²) in [5, 5.41) is 3.59. The first kappa shape index (κ1) is 13.4. The Bertz CT molecular complexity index is 505. The predicted octanol–water partition coefficient (Wildman–Crippen LogP) is 4.87. The summed E-state index contributed by atoms with van der Waals surface area (Å²) >= 11 is 9.43. The maximum atomic E-state index is 12.1. The van der Waals surface area contributed by atoms with Gasteiger partial charge in [-0.1, -0.05) is 24.1 Å². The molecule has 3 atom stereocenters. The lowest BCUT2D eigenvalue weighted by Gasteiger charge is -2.21. The van der Waals surface area contributed by atoms with E-state index in [1.807, 2.05) is 12.1 Å². The van der Waals surface area contributed by atoms with Gasteiger partial charge in [0.15, 0.2) is 0 Å². The Balaban J connectivity index is 1.61. The van der Waals surface area contributed by atoms with Gasteiger partial charge in [-0.2, -0.15) is 0 Å². The second-order valence-electron chi connectivity index (χ2n) is 5.79. The van der Waals surface area contributed by atoms with Gasteiger partial charge in [-0.15, -0.1) is 0 Å². The summed E-state index contributed by atoms with van der Waals surface area (Å²) in [6.45, 7) is 0. The van der Waals surface area contributed by atoms with Crippen molar-refractivity contribution in [1.29, 1.82) is 0 Å². The standard InChI is InChI=1S/C15H17BrClNO/c16-15-12(17)2-1-3-13(15)18-14(19)8-11-7-9-4-5-10(11)6-9/h1-3,9-11H,4-8H2,(H,18,19). The molecule has 3 unspecified atom stereocenters. The van der Waals surface area contributed by atoms with Gasteiger partial charge in [-0.25, -0.2) is 0 Å². The summed E-state index contributed by atoms with van der Waals surface area (Å²) in [5.41, 5.74) is 0.764. The van der Waals surface area contributed by atoms with Gasteiger partial charge in [-0.3, -0.25) is 4.79 Å². The fourth-order valence-electron chi connectivity index (χ4n) is 3.67. The molecule has 0 aromatic heterocycles. The Morgan fingerprint density at radius 2 is 2.21 bits per heavy atom. The third-order valence-electron chi connectivity index (χ3n) is 4.56. The van der Waals surface area contributed by atoms with Crippen LogP contribution in [0.1, 0.15) is 32.1 Å². The number of nitrogens with one attached hydrogen (secondary N) is 1. The smallest absolute Gasteiger partial charge is 0.224 e. The van der Waals surface area contributed by atoms with Crippen molar-refractivity contribution in [3.63, 3.8) is 0 Å². The summed E-state index contributed by atoms with van der Waals surface area (Å²) in [6.07, 6.45) is 5.94. The molecule has 0 spiro atoms. The third-order valence-corrected chi connectivity index (χ3v) is 5.96. The zero-order chi connectivity index (χ0) is 13.4. The van der Waals surface area contributed by atoms with E-state index in [4.69, 9.17) is 11.6 Å². The van der Waals surface area contributed by atoms with Crippen molar-refractivity contribution in [2.45, 2.75) is 32.1 Å². The summed E-state index contributed by atoms with van der Waals surface area (Å²) in [6, 6.07) is 5.52. The summed E-state index contributed by atoms with van der Waals surface area (Å²) in [4.78, 5) is 12.1. The van der Waals surface area contributed by atoms with Crippen LogP contribution in [-0.4, -0.2) is 5.91 Å². The van der Waals surface area contributed by atoms with Gasteiger partial charge in [-0.05, 0) is 65.1 Å². The minimum atomic E-state index is 0.112. The van der Waals surface area contributed by atoms with E-state index < -0.39 is 0 Å². The number of hydrogen-bond donors (Lipinski definition) is 1. The van der Waals surface area contributed by atoms with Gasteiger partial charge in [0.2, 0.25) is 5.91 Å². The van der Waals surface area contributed by atoms with Crippen LogP contribution >= 0.6 is 27.5 Å². The number of anilines is 1. The van der Waals surface area contributed by atoms with E-state index in [0.29, 0.717) is 17.4 Å². The van der Waals surface area contributed by atoms with Crippen molar-refractivity contribution >= 4 is 39.1 Å². The second-order valence-corrected chi connectivity index (χ2v) is 6.99. The van der Waals surface area contributed by atoms with E-state index in [1.165, 1.54) is 25.7 Å². The van der Waals surface area contributed by atoms with Crippen LogP contribution in [-0.2, 0) is 4.79 Å². The molecule has 102 valence electrons. The van der Waals surface area contributed by atoms with Gasteiger partial charge in [0.25, 0.3) is 0 Å². The van der Waals surface area contributed by atoms with Crippen molar-refractivity contribution in [2.75, 3.05) is 5.32 Å². The second kappa shape index (κ2) is 5.45. The van der Waals surface area contributed by atoms with Crippen LogP contribution in [0.2, 0.25) is 5.02 Å². The molecule has 1 N–H and O–H groups in total. The van der Waals surface area contributed by atoms with Crippen molar-refractivity contribution in [3.05, 3.63) is 27.7 Å². The van der Waals surface area contributed by atoms with Crippen LogP contribution in [0.5, 0.6) is 0 Å². The van der Waals surface area contributed by atoms with Crippen LogP contribution in [0.15, 0.2) is 22.7 Å². The average Bonchev–Trinajstić information content (AvgIpc) is 2.97. The van der Waals surface area contributed by atoms with E-state index in [2.05, 4.69) is 21.2 Å². The van der Waals surface area contributed by atoms with Gasteiger partial charge in [0.1, 0.15) is 0 Å². The molecule has 0 aliphatic heterocycles. The fraction of sp³-hybridized carbons (Fsp3) is 0.533. The molecule has 1 aromatic rings. The van der Waals surface area contributed by atoms with E-state index in [9.17, 15) is 4.79 Å². The Hall–Kier alpha value is -0.540. The molecule has 2 nitrogen and oxygen atoms in total. The number of fused-ring (bicyclic) bond motifs is 2. The molecule has 3 rings (SSSR count). The molecule has 2 saturated carbocycles. The number of rotatable bonds is 3. The molecular weight excluding hydrogens is 326 g/mol. The minimum absolute atomic E-state index is 0.112. The van der Waals surface area contributed by atoms with Crippen molar-refractivity contribution < 1.29 is 4.79 Å². The Labute approximate surface area is 127 Å². The minimum Gasteiger partial charge on any atom is -0.325 e. The highest BCUT2D eigenvalue weighted by Gasteiger charge is 2.40. The fourth-order valence-corrected chi connectivity index (χ4v) is 4.20. The van der Waals surface area contributed by atoms with E-state index >= 15 is 0 Å². The van der Waals surface area contributed by atoms with Crippen molar-refractivity contribution in [1.82, 2.24) is 0 Å². The number of amides is 1. The number of hydrogen-bond acceptors (Lipinski definition) is 1. The van der Waals surface area contributed by atoms with Crippen LogP contribution in [0.3, 0.4) is 0 Å². The van der Waals surface area contributed by atoms with Crippen LogP contribution in [0, 0.1) is 17.8 Å². The van der Waals surface area contributed by atoms with Crippen molar-refractivity contribution in [2.24, 2.45) is 17.8 Å². The first-order chi connectivity index (χ1) is 9.13. The number of carbonyl (C=O) groups excluding carboxylic acids is 1. The zero-order valence-corrected chi connectivity index (χ0v) is 13.0. The Morgan fingerprint density at radius 1 is 1.37 bits per heavy atom. The highest BCUT2D eigenvalue weighted by Crippen LogP contribution is 2.49. The Morgan fingerprint density at radius 3 is 2.89 bits per heavy atom. The SMILES string of the molecule is O=C(CC1CC2CCC1C2)Nc1cccc(Cl)c1Br. The zero-order valence-electron chi connectivity index (χ0n) is 10.7. The molecule has 1 aromatic carbocycles. The maximum absolute atomic E-state index is 12.1. The molecule has 2 aliphatic carbocycles. The lowest BCUT2D eigenvalue weighted by atomic mass is 9.86. The number of benzene rings is 1. The van der Waals surface area contributed by atoms with Gasteiger partial charge in [0.05, 0.1) is 15.2 Å². The highest BCUT2D eigenvalue weighted by atomic mass is 79.9. The molecule has 4 heteroatoms. The monoisotopic (exact) mass is 341 g/mol. The normalized spacial score (nSPS) is 28.6. The van der Waals surface area contributed by atoms with Gasteiger partial charge in [0, 0.05) is 6.42 Å². The van der Waals surface area contributed by atoms with E-state index in [0.717, 1.165) is 22.0 Å². The van der Waals surface area contributed by atoms with Gasteiger partial charge < -0.3 is 5.32 Å². The first-order valence-electron chi connectivity index (χ1n) is 6.87. The molecule has 1 amide bonds. The maximum Gasteiger partial charge on any atom is 0.224 e. The first-order valence-corrected chi connectivity index (χ1v) is 8.04. The van der Waals surface area contributed by atoms with E-state index in [-0.39, 0.29) is 5.91 Å². The Kier molecular flexibility index (Phi) is 3.86. The lowest BCUT2D eigenvalue weighted by molar-refractivity contribution is -0.117. The average molecular weight is 343 g/mol. The topological polar surface area (TPSA) is 29.1 Å².